The van der Waals surface area contributed by atoms with Gasteiger partial charge in [-0.2, -0.15) is 5.10 Å². The van der Waals surface area contributed by atoms with Gasteiger partial charge in [-0.1, -0.05) is 35.3 Å². The van der Waals surface area contributed by atoms with Gasteiger partial charge in [0.1, 0.15) is 0 Å². The number of hydrazone groups is 1. The highest BCUT2D eigenvalue weighted by molar-refractivity contribution is 9.10. The highest BCUT2D eigenvalue weighted by atomic mass is 79.9. The fourth-order valence-electron chi connectivity index (χ4n) is 2.29. The van der Waals surface area contributed by atoms with Gasteiger partial charge in [0.05, 0.1) is 6.54 Å². The van der Waals surface area contributed by atoms with Crippen LogP contribution in [0.1, 0.15) is 32.6 Å². The second-order valence-corrected chi connectivity index (χ2v) is 6.06. The van der Waals surface area contributed by atoms with E-state index in [1.54, 1.807) is 0 Å². The lowest BCUT2D eigenvalue weighted by atomic mass is 9.89. The molecule has 1 aliphatic carbocycles. The number of nitrogens with zero attached hydrogens (tertiary/aromatic N) is 1. The SMILES string of the molecule is C[C@H]1CCCC/C1=N/NC(=O)CNc1cccc(Br)c1. The van der Waals surface area contributed by atoms with Crippen molar-refractivity contribution >= 4 is 33.2 Å². The molecule has 4 nitrogen and oxygen atoms in total. The van der Waals surface area contributed by atoms with Crippen LogP contribution in [0.25, 0.3) is 0 Å². The van der Waals surface area contributed by atoms with Crippen LogP contribution in [0.15, 0.2) is 33.8 Å². The van der Waals surface area contributed by atoms with Crippen LogP contribution < -0.4 is 10.7 Å². The minimum Gasteiger partial charge on any atom is -0.376 e. The first-order valence-electron chi connectivity index (χ1n) is 7.00. The van der Waals surface area contributed by atoms with Crippen molar-refractivity contribution in [1.29, 1.82) is 0 Å². The molecule has 5 heteroatoms. The van der Waals surface area contributed by atoms with Crippen LogP contribution in [0.5, 0.6) is 0 Å². The van der Waals surface area contributed by atoms with Gasteiger partial charge in [0.15, 0.2) is 0 Å². The summed E-state index contributed by atoms with van der Waals surface area (Å²) in [6, 6.07) is 7.73. The third-order valence-corrected chi connectivity index (χ3v) is 3.98. The first-order chi connectivity index (χ1) is 9.65. The first-order valence-corrected chi connectivity index (χ1v) is 7.79. The second-order valence-electron chi connectivity index (χ2n) is 5.15. The Morgan fingerprint density at radius 1 is 1.45 bits per heavy atom. The number of hydrogen-bond donors (Lipinski definition) is 2. The van der Waals surface area contributed by atoms with Crippen molar-refractivity contribution in [2.45, 2.75) is 32.6 Å². The number of halogens is 1. The van der Waals surface area contributed by atoms with Crippen molar-refractivity contribution in [3.05, 3.63) is 28.7 Å². The van der Waals surface area contributed by atoms with E-state index in [1.807, 2.05) is 24.3 Å². The van der Waals surface area contributed by atoms with E-state index < -0.39 is 0 Å². The van der Waals surface area contributed by atoms with E-state index in [2.05, 4.69) is 38.7 Å². The molecule has 0 saturated heterocycles. The molecule has 1 amide bonds. The van der Waals surface area contributed by atoms with Gasteiger partial charge in [-0.25, -0.2) is 5.43 Å². The normalized spacial score (nSPS) is 20.7. The lowest BCUT2D eigenvalue weighted by Gasteiger charge is -2.19. The summed E-state index contributed by atoms with van der Waals surface area (Å²) in [6.07, 6.45) is 4.61. The molecule has 1 fully saturated rings. The number of amides is 1. The van der Waals surface area contributed by atoms with E-state index in [0.717, 1.165) is 22.3 Å². The molecule has 0 aromatic heterocycles. The number of anilines is 1. The fraction of sp³-hybridized carbons (Fsp3) is 0.467. The molecular weight excluding hydrogens is 318 g/mol. The molecule has 0 radical (unpaired) electrons. The van der Waals surface area contributed by atoms with E-state index in [1.165, 1.54) is 19.3 Å². The van der Waals surface area contributed by atoms with Gasteiger partial charge in [-0.15, -0.1) is 0 Å². The van der Waals surface area contributed by atoms with Crippen LogP contribution >= 0.6 is 15.9 Å². The molecule has 0 heterocycles. The van der Waals surface area contributed by atoms with Crippen molar-refractivity contribution in [3.63, 3.8) is 0 Å². The summed E-state index contributed by atoms with van der Waals surface area (Å²) in [5.74, 6) is 0.373. The van der Waals surface area contributed by atoms with E-state index >= 15 is 0 Å². The van der Waals surface area contributed by atoms with E-state index in [-0.39, 0.29) is 12.5 Å². The highest BCUT2D eigenvalue weighted by Crippen LogP contribution is 2.20. The van der Waals surface area contributed by atoms with Crippen LogP contribution in [0.2, 0.25) is 0 Å². The topological polar surface area (TPSA) is 53.5 Å². The van der Waals surface area contributed by atoms with Gasteiger partial charge >= 0.3 is 0 Å². The van der Waals surface area contributed by atoms with Crippen LogP contribution in [-0.2, 0) is 4.79 Å². The second kappa shape index (κ2) is 7.43. The quantitative estimate of drug-likeness (QED) is 0.825. The Morgan fingerprint density at radius 3 is 3.05 bits per heavy atom. The smallest absolute Gasteiger partial charge is 0.259 e. The minimum atomic E-state index is -0.116. The molecule has 1 saturated carbocycles. The molecule has 1 aromatic rings. The standard InChI is InChI=1S/C15H20BrN3O/c1-11-5-2-3-8-14(11)18-19-15(20)10-17-13-7-4-6-12(16)9-13/h4,6-7,9,11,17H,2-3,5,8,10H2,1H3,(H,19,20)/b18-14-/t11-/m0/s1. The van der Waals surface area contributed by atoms with Crippen molar-refractivity contribution < 1.29 is 4.79 Å². The van der Waals surface area contributed by atoms with Crippen molar-refractivity contribution in [1.82, 2.24) is 5.43 Å². The molecule has 20 heavy (non-hydrogen) atoms. The summed E-state index contributed by atoms with van der Waals surface area (Å²) < 4.78 is 0.985. The highest BCUT2D eigenvalue weighted by Gasteiger charge is 2.15. The number of nitrogens with one attached hydrogen (secondary N) is 2. The largest absolute Gasteiger partial charge is 0.376 e. The zero-order chi connectivity index (χ0) is 14.4. The maximum atomic E-state index is 11.8. The third kappa shape index (κ3) is 4.63. The van der Waals surface area contributed by atoms with Crippen LogP contribution in [0, 0.1) is 5.92 Å². The van der Waals surface area contributed by atoms with Gasteiger partial charge in [-0.3, -0.25) is 4.79 Å². The molecule has 108 valence electrons. The predicted octanol–water partition coefficient (Wildman–Crippen LogP) is 3.54. The van der Waals surface area contributed by atoms with Crippen LogP contribution in [0.4, 0.5) is 5.69 Å². The molecule has 2 N–H and O–H groups in total. The Morgan fingerprint density at radius 2 is 2.30 bits per heavy atom. The molecule has 0 aliphatic heterocycles. The Hall–Kier alpha value is -1.36. The molecule has 0 spiro atoms. The van der Waals surface area contributed by atoms with E-state index in [9.17, 15) is 4.79 Å². The Bertz CT molecular complexity index is 502. The number of carbonyl (C=O) groups is 1. The molecular formula is C15H20BrN3O. The van der Waals surface area contributed by atoms with Crippen molar-refractivity contribution in [3.8, 4) is 0 Å². The minimum absolute atomic E-state index is 0.116. The van der Waals surface area contributed by atoms with Crippen LogP contribution in [0.3, 0.4) is 0 Å². The van der Waals surface area contributed by atoms with Crippen molar-refractivity contribution in [2.24, 2.45) is 11.0 Å². The molecule has 1 aliphatic rings. The van der Waals surface area contributed by atoms with Crippen molar-refractivity contribution in [2.75, 3.05) is 11.9 Å². The molecule has 1 atom stereocenters. The number of rotatable bonds is 4. The van der Waals surface area contributed by atoms with Gasteiger partial charge in [0.25, 0.3) is 5.91 Å². The monoisotopic (exact) mass is 337 g/mol. The molecule has 0 bridgehead atoms. The molecule has 0 unspecified atom stereocenters. The average Bonchev–Trinajstić information content (AvgIpc) is 2.44. The Balaban J connectivity index is 1.79. The lowest BCUT2D eigenvalue weighted by Crippen LogP contribution is -2.28. The summed E-state index contributed by atoms with van der Waals surface area (Å²) in [5.41, 5.74) is 4.67. The van der Waals surface area contributed by atoms with Crippen LogP contribution in [-0.4, -0.2) is 18.2 Å². The van der Waals surface area contributed by atoms with Gasteiger partial charge in [0.2, 0.25) is 0 Å². The predicted molar refractivity (Wildman–Crippen MR) is 85.8 cm³/mol. The molecule has 2 rings (SSSR count). The zero-order valence-corrected chi connectivity index (χ0v) is 13.2. The summed E-state index contributed by atoms with van der Waals surface area (Å²) in [4.78, 5) is 11.8. The molecule has 1 aromatic carbocycles. The summed E-state index contributed by atoms with van der Waals surface area (Å²) >= 11 is 3.40. The van der Waals surface area contributed by atoms with E-state index in [0.29, 0.717) is 5.92 Å². The van der Waals surface area contributed by atoms with Gasteiger partial charge in [-0.05, 0) is 43.4 Å². The number of carbonyl (C=O) groups excluding carboxylic acids is 1. The zero-order valence-electron chi connectivity index (χ0n) is 11.7. The summed E-state index contributed by atoms with van der Waals surface area (Å²) in [5, 5.41) is 7.33. The van der Waals surface area contributed by atoms with E-state index in [4.69, 9.17) is 0 Å². The number of hydrogen-bond acceptors (Lipinski definition) is 3. The first kappa shape index (κ1) is 15.0. The maximum absolute atomic E-state index is 11.8. The Labute approximate surface area is 128 Å². The summed E-state index contributed by atoms with van der Waals surface area (Å²) in [6.45, 7) is 2.39. The van der Waals surface area contributed by atoms with Gasteiger partial charge in [0, 0.05) is 15.9 Å². The number of benzene rings is 1. The Kier molecular flexibility index (Phi) is 5.59. The lowest BCUT2D eigenvalue weighted by molar-refractivity contribution is -0.119. The third-order valence-electron chi connectivity index (χ3n) is 3.49. The average molecular weight is 338 g/mol. The summed E-state index contributed by atoms with van der Waals surface area (Å²) in [7, 11) is 0. The van der Waals surface area contributed by atoms with Gasteiger partial charge < -0.3 is 5.32 Å². The maximum Gasteiger partial charge on any atom is 0.259 e. The fourth-order valence-corrected chi connectivity index (χ4v) is 2.69.